The molecule has 1 aromatic carbocycles. The molecule has 0 radical (unpaired) electrons. The smallest absolute Gasteiger partial charge is 0.270 e. The molecule has 2 N–H and O–H groups in total. The van der Waals surface area contributed by atoms with Crippen molar-refractivity contribution in [3.05, 3.63) is 52.7 Å². The van der Waals surface area contributed by atoms with Crippen LogP contribution in [0.2, 0.25) is 0 Å². The van der Waals surface area contributed by atoms with Crippen molar-refractivity contribution in [2.45, 2.75) is 26.7 Å². The van der Waals surface area contributed by atoms with Crippen LogP contribution in [-0.4, -0.2) is 33.9 Å². The number of hydrogen-bond acceptors (Lipinski definition) is 4. The molecule has 26 heavy (non-hydrogen) atoms. The molecule has 0 spiro atoms. The summed E-state index contributed by atoms with van der Waals surface area (Å²) in [5.74, 6) is 0.0811. The fourth-order valence-electron chi connectivity index (χ4n) is 3.39. The second kappa shape index (κ2) is 6.96. The zero-order chi connectivity index (χ0) is 18.1. The molecule has 6 heteroatoms. The van der Waals surface area contributed by atoms with E-state index in [1.165, 1.54) is 11.1 Å². The largest absolute Gasteiger partial charge is 0.357 e. The summed E-state index contributed by atoms with van der Waals surface area (Å²) in [5, 5.41) is 6.23. The Morgan fingerprint density at radius 3 is 2.62 bits per heavy atom. The summed E-state index contributed by atoms with van der Waals surface area (Å²) in [7, 11) is 0. The van der Waals surface area contributed by atoms with E-state index in [4.69, 9.17) is 0 Å². The van der Waals surface area contributed by atoms with E-state index >= 15 is 0 Å². The minimum atomic E-state index is 0.0811. The summed E-state index contributed by atoms with van der Waals surface area (Å²) >= 11 is 1.56. The maximum absolute atomic E-state index is 12.5. The van der Waals surface area contributed by atoms with Gasteiger partial charge in [0.15, 0.2) is 5.13 Å². The average Bonchev–Trinajstić information content (AvgIpc) is 3.34. The number of nitrogens with one attached hydrogen (secondary N) is 2. The summed E-state index contributed by atoms with van der Waals surface area (Å²) in [6, 6.07) is 8.27. The Morgan fingerprint density at radius 1 is 1.15 bits per heavy atom. The van der Waals surface area contributed by atoms with Crippen molar-refractivity contribution in [2.75, 3.05) is 18.4 Å². The Bertz CT molecular complexity index is 917. The van der Waals surface area contributed by atoms with Crippen molar-refractivity contribution in [1.82, 2.24) is 14.9 Å². The summed E-state index contributed by atoms with van der Waals surface area (Å²) in [6.07, 6.45) is 4.05. The van der Waals surface area contributed by atoms with E-state index in [0.29, 0.717) is 5.69 Å². The predicted molar refractivity (Wildman–Crippen MR) is 106 cm³/mol. The molecule has 1 saturated heterocycles. The number of carbonyl (C=O) groups excluding carboxylic acids is 1. The summed E-state index contributed by atoms with van der Waals surface area (Å²) in [5.41, 5.74) is 5.94. The second-order valence-electron chi connectivity index (χ2n) is 6.84. The number of likely N-dealkylation sites (tertiary alicyclic amines) is 1. The SMILES string of the molecule is Cc1cc(C)cc(Nc2nc(-c3c[nH]c(C(=O)N4CCCC4)c3)cs2)c1. The van der Waals surface area contributed by atoms with E-state index in [-0.39, 0.29) is 5.91 Å². The Labute approximate surface area is 157 Å². The summed E-state index contributed by atoms with van der Waals surface area (Å²) < 4.78 is 0. The Morgan fingerprint density at radius 2 is 1.88 bits per heavy atom. The van der Waals surface area contributed by atoms with Crippen molar-refractivity contribution in [1.29, 1.82) is 0 Å². The number of H-pyrrole nitrogens is 1. The lowest BCUT2D eigenvalue weighted by Gasteiger charge is -2.13. The number of anilines is 2. The number of aromatic nitrogens is 2. The van der Waals surface area contributed by atoms with Gasteiger partial charge in [0.25, 0.3) is 5.91 Å². The number of benzene rings is 1. The molecule has 1 amide bonds. The van der Waals surface area contributed by atoms with E-state index in [1.807, 2.05) is 22.5 Å². The highest BCUT2D eigenvalue weighted by Gasteiger charge is 2.21. The van der Waals surface area contributed by atoms with Crippen LogP contribution in [0.5, 0.6) is 0 Å². The van der Waals surface area contributed by atoms with Gasteiger partial charge >= 0.3 is 0 Å². The monoisotopic (exact) mass is 366 g/mol. The quantitative estimate of drug-likeness (QED) is 0.701. The molecule has 0 bridgehead atoms. The van der Waals surface area contributed by atoms with Gasteiger partial charge in [0.2, 0.25) is 0 Å². The predicted octanol–water partition coefficient (Wildman–Crippen LogP) is 4.73. The van der Waals surface area contributed by atoms with Gasteiger partial charge < -0.3 is 15.2 Å². The van der Waals surface area contributed by atoms with Gasteiger partial charge in [-0.15, -0.1) is 11.3 Å². The number of aryl methyl sites for hydroxylation is 2. The van der Waals surface area contributed by atoms with Crippen molar-refractivity contribution in [2.24, 2.45) is 0 Å². The van der Waals surface area contributed by atoms with Gasteiger partial charge in [0.05, 0.1) is 5.69 Å². The van der Waals surface area contributed by atoms with Crippen molar-refractivity contribution in [3.8, 4) is 11.3 Å². The molecule has 1 aliphatic heterocycles. The highest BCUT2D eigenvalue weighted by atomic mass is 32.1. The van der Waals surface area contributed by atoms with E-state index in [9.17, 15) is 4.79 Å². The van der Waals surface area contributed by atoms with Gasteiger partial charge in [-0.05, 0) is 56.0 Å². The third kappa shape index (κ3) is 3.51. The fourth-order valence-corrected chi connectivity index (χ4v) is 4.13. The molecule has 134 valence electrons. The molecule has 0 aliphatic carbocycles. The lowest BCUT2D eigenvalue weighted by molar-refractivity contribution is 0.0788. The van der Waals surface area contributed by atoms with Crippen LogP contribution in [0.25, 0.3) is 11.3 Å². The molecule has 1 aliphatic rings. The van der Waals surface area contributed by atoms with Gasteiger partial charge in [0, 0.05) is 35.9 Å². The minimum absolute atomic E-state index is 0.0811. The molecule has 0 saturated carbocycles. The standard InChI is InChI=1S/C20H22N4OS/c1-13-7-14(2)9-16(8-13)22-20-23-18(12-26-20)15-10-17(21-11-15)19(25)24-5-3-4-6-24/h7-12,21H,3-6H2,1-2H3,(H,22,23). The van der Waals surface area contributed by atoms with Gasteiger partial charge in [-0.3, -0.25) is 4.79 Å². The van der Waals surface area contributed by atoms with E-state index in [2.05, 4.69) is 47.3 Å². The van der Waals surface area contributed by atoms with Crippen molar-refractivity contribution >= 4 is 28.1 Å². The molecule has 3 heterocycles. The minimum Gasteiger partial charge on any atom is -0.357 e. The molecule has 0 unspecified atom stereocenters. The van der Waals surface area contributed by atoms with Crippen LogP contribution >= 0.6 is 11.3 Å². The van der Waals surface area contributed by atoms with Gasteiger partial charge in [-0.25, -0.2) is 4.98 Å². The number of rotatable bonds is 4. The van der Waals surface area contributed by atoms with E-state index < -0.39 is 0 Å². The molecule has 4 rings (SSSR count). The third-order valence-corrected chi connectivity index (χ3v) is 5.34. The summed E-state index contributed by atoms with van der Waals surface area (Å²) in [4.78, 5) is 22.1. The number of amides is 1. The van der Waals surface area contributed by atoms with Crippen LogP contribution in [0.4, 0.5) is 10.8 Å². The van der Waals surface area contributed by atoms with E-state index in [0.717, 1.165) is 48.0 Å². The molecule has 2 aromatic heterocycles. The zero-order valence-electron chi connectivity index (χ0n) is 15.0. The normalized spacial score (nSPS) is 14.0. The molecular formula is C20H22N4OS. The molecule has 3 aromatic rings. The maximum atomic E-state index is 12.5. The Kier molecular flexibility index (Phi) is 4.51. The van der Waals surface area contributed by atoms with Crippen LogP contribution in [-0.2, 0) is 0 Å². The fraction of sp³-hybridized carbons (Fsp3) is 0.300. The highest BCUT2D eigenvalue weighted by molar-refractivity contribution is 7.14. The topological polar surface area (TPSA) is 61.0 Å². The number of nitrogens with zero attached hydrogens (tertiary/aromatic N) is 2. The first-order valence-electron chi connectivity index (χ1n) is 8.87. The number of thiazole rings is 1. The van der Waals surface area contributed by atoms with Crippen LogP contribution in [0, 0.1) is 13.8 Å². The highest BCUT2D eigenvalue weighted by Crippen LogP contribution is 2.28. The first kappa shape index (κ1) is 16.8. The van der Waals surface area contributed by atoms with Gasteiger partial charge in [-0.1, -0.05) is 6.07 Å². The van der Waals surface area contributed by atoms with Crippen LogP contribution < -0.4 is 5.32 Å². The zero-order valence-corrected chi connectivity index (χ0v) is 15.8. The molecular weight excluding hydrogens is 344 g/mol. The summed E-state index contributed by atoms with van der Waals surface area (Å²) in [6.45, 7) is 5.88. The Balaban J connectivity index is 1.50. The van der Waals surface area contributed by atoms with Gasteiger partial charge in [0.1, 0.15) is 5.69 Å². The van der Waals surface area contributed by atoms with Gasteiger partial charge in [-0.2, -0.15) is 0 Å². The average molecular weight is 366 g/mol. The van der Waals surface area contributed by atoms with Crippen LogP contribution in [0.15, 0.2) is 35.8 Å². The van der Waals surface area contributed by atoms with E-state index in [1.54, 1.807) is 11.3 Å². The van der Waals surface area contributed by atoms with Crippen molar-refractivity contribution in [3.63, 3.8) is 0 Å². The first-order chi connectivity index (χ1) is 12.6. The maximum Gasteiger partial charge on any atom is 0.270 e. The molecule has 0 atom stereocenters. The third-order valence-electron chi connectivity index (χ3n) is 4.58. The van der Waals surface area contributed by atoms with Crippen molar-refractivity contribution < 1.29 is 4.79 Å². The number of carbonyl (C=O) groups is 1. The molecule has 5 nitrogen and oxygen atoms in total. The number of aromatic amines is 1. The number of hydrogen-bond donors (Lipinski definition) is 2. The second-order valence-corrected chi connectivity index (χ2v) is 7.70. The van der Waals surface area contributed by atoms with Crippen LogP contribution in [0.1, 0.15) is 34.5 Å². The lowest BCUT2D eigenvalue weighted by Crippen LogP contribution is -2.27. The van der Waals surface area contributed by atoms with Crippen LogP contribution in [0.3, 0.4) is 0 Å². The Hall–Kier alpha value is -2.60. The lowest BCUT2D eigenvalue weighted by atomic mass is 10.1. The first-order valence-corrected chi connectivity index (χ1v) is 9.75. The molecule has 1 fully saturated rings.